The van der Waals surface area contributed by atoms with Crippen LogP contribution in [0.1, 0.15) is 0 Å². The van der Waals surface area contributed by atoms with Crippen molar-refractivity contribution in [3.05, 3.63) is 30.3 Å². The molecular weight excluding hydrogens is 262 g/mol. The molecule has 1 aromatic carbocycles. The Kier molecular flexibility index (Phi) is 4.53. The van der Waals surface area contributed by atoms with E-state index in [9.17, 15) is 4.79 Å². The van der Waals surface area contributed by atoms with Crippen LogP contribution < -0.4 is 5.32 Å². The van der Waals surface area contributed by atoms with Crippen LogP contribution in [-0.4, -0.2) is 38.4 Å². The van der Waals surface area contributed by atoms with E-state index >= 15 is 0 Å². The van der Waals surface area contributed by atoms with Crippen molar-refractivity contribution in [2.24, 2.45) is 0 Å². The maximum absolute atomic E-state index is 11.4. The number of thioether (sulfide) groups is 1. The van der Waals surface area contributed by atoms with Gasteiger partial charge in [0, 0.05) is 0 Å². The second-order valence-electron chi connectivity index (χ2n) is 3.48. The predicted octanol–water partition coefficient (Wildman–Crippen LogP) is 0.504. The Balaban J connectivity index is 2.01. The second kappa shape index (κ2) is 6.56. The van der Waals surface area contributed by atoms with Gasteiger partial charge in [-0.1, -0.05) is 35.9 Å². The normalized spacial score (nSPS) is 9.84. The Morgan fingerprint density at radius 3 is 2.95 bits per heavy atom. The number of rotatable bonds is 5. The first-order chi connectivity index (χ1) is 9.31. The van der Waals surface area contributed by atoms with E-state index < -0.39 is 0 Å². The van der Waals surface area contributed by atoms with Crippen LogP contribution in [0.25, 0.3) is 5.69 Å². The van der Waals surface area contributed by atoms with Gasteiger partial charge in [-0.05, 0) is 22.6 Å². The standard InChI is InChI=1S/C12H11N5OS/c1-2-8-13-11(18)9-19-12-14-15-16-17(12)10-6-4-3-5-7-10/h1,3-7H,8-9H2,(H,13,18). The summed E-state index contributed by atoms with van der Waals surface area (Å²) in [5.74, 6) is 2.41. The van der Waals surface area contributed by atoms with Crippen LogP contribution in [-0.2, 0) is 4.79 Å². The van der Waals surface area contributed by atoms with E-state index in [-0.39, 0.29) is 18.2 Å². The Morgan fingerprint density at radius 2 is 2.21 bits per heavy atom. The summed E-state index contributed by atoms with van der Waals surface area (Å²) < 4.78 is 1.58. The fourth-order valence-corrected chi connectivity index (χ4v) is 2.05. The van der Waals surface area contributed by atoms with Gasteiger partial charge in [0.25, 0.3) is 0 Å². The number of para-hydroxylation sites is 1. The highest BCUT2D eigenvalue weighted by atomic mass is 32.2. The third-order valence-corrected chi connectivity index (χ3v) is 3.08. The van der Waals surface area contributed by atoms with Gasteiger partial charge in [0.2, 0.25) is 11.1 Å². The SMILES string of the molecule is C#CCNC(=O)CSc1nnnn1-c1ccccc1. The predicted molar refractivity (Wildman–Crippen MR) is 71.7 cm³/mol. The van der Waals surface area contributed by atoms with E-state index in [1.54, 1.807) is 4.68 Å². The minimum atomic E-state index is -0.148. The van der Waals surface area contributed by atoms with Gasteiger partial charge in [-0.15, -0.1) is 11.5 Å². The van der Waals surface area contributed by atoms with E-state index in [0.717, 1.165) is 5.69 Å². The molecule has 2 aromatic rings. The third-order valence-electron chi connectivity index (χ3n) is 2.16. The summed E-state index contributed by atoms with van der Waals surface area (Å²) >= 11 is 1.25. The number of terminal acetylenes is 1. The van der Waals surface area contributed by atoms with Crippen LogP contribution in [0.4, 0.5) is 0 Å². The molecule has 0 atom stereocenters. The molecule has 0 spiro atoms. The van der Waals surface area contributed by atoms with Crippen molar-refractivity contribution in [1.29, 1.82) is 0 Å². The molecule has 0 aliphatic carbocycles. The third kappa shape index (κ3) is 3.56. The van der Waals surface area contributed by atoms with Gasteiger partial charge >= 0.3 is 0 Å². The average molecular weight is 273 g/mol. The number of benzene rings is 1. The molecule has 1 amide bonds. The van der Waals surface area contributed by atoms with Crippen LogP contribution in [0.3, 0.4) is 0 Å². The van der Waals surface area contributed by atoms with E-state index in [4.69, 9.17) is 6.42 Å². The van der Waals surface area contributed by atoms with Gasteiger partial charge in [-0.2, -0.15) is 4.68 Å². The zero-order chi connectivity index (χ0) is 13.5. The highest BCUT2D eigenvalue weighted by Gasteiger charge is 2.10. The van der Waals surface area contributed by atoms with E-state index in [0.29, 0.717) is 5.16 Å². The lowest BCUT2D eigenvalue weighted by atomic mass is 10.3. The van der Waals surface area contributed by atoms with Crippen molar-refractivity contribution < 1.29 is 4.79 Å². The van der Waals surface area contributed by atoms with Crippen LogP contribution in [0, 0.1) is 12.3 Å². The molecule has 1 aromatic heterocycles. The number of hydrogen-bond acceptors (Lipinski definition) is 5. The average Bonchev–Trinajstić information content (AvgIpc) is 2.92. The van der Waals surface area contributed by atoms with E-state index in [1.807, 2.05) is 30.3 Å². The molecular formula is C12H11N5OS. The number of nitrogens with one attached hydrogen (secondary N) is 1. The van der Waals surface area contributed by atoms with Gasteiger partial charge < -0.3 is 5.32 Å². The lowest BCUT2D eigenvalue weighted by Crippen LogP contribution is -2.25. The quantitative estimate of drug-likeness (QED) is 0.634. The Labute approximate surface area is 114 Å². The summed E-state index contributed by atoms with van der Waals surface area (Å²) in [5, 5.41) is 14.5. The molecule has 7 heteroatoms. The first-order valence-electron chi connectivity index (χ1n) is 5.48. The molecule has 1 heterocycles. The largest absolute Gasteiger partial charge is 0.344 e. The lowest BCUT2D eigenvalue weighted by molar-refractivity contribution is -0.118. The summed E-state index contributed by atoms with van der Waals surface area (Å²) in [5.41, 5.74) is 0.846. The molecule has 0 bridgehead atoms. The zero-order valence-electron chi connectivity index (χ0n) is 9.98. The van der Waals surface area contributed by atoms with Crippen molar-refractivity contribution in [3.8, 4) is 18.0 Å². The lowest BCUT2D eigenvalue weighted by Gasteiger charge is -2.03. The molecule has 0 radical (unpaired) electrons. The minimum Gasteiger partial charge on any atom is -0.344 e. The number of aromatic nitrogens is 4. The van der Waals surface area contributed by atoms with Gasteiger partial charge in [0.15, 0.2) is 0 Å². The van der Waals surface area contributed by atoms with E-state index in [2.05, 4.69) is 26.8 Å². The monoisotopic (exact) mass is 273 g/mol. The second-order valence-corrected chi connectivity index (χ2v) is 4.42. The number of nitrogens with zero attached hydrogens (tertiary/aromatic N) is 4. The van der Waals surface area contributed by atoms with Crippen LogP contribution in [0.5, 0.6) is 0 Å². The summed E-state index contributed by atoms with van der Waals surface area (Å²) in [6.07, 6.45) is 5.06. The van der Waals surface area contributed by atoms with E-state index in [1.165, 1.54) is 11.8 Å². The summed E-state index contributed by atoms with van der Waals surface area (Å²) in [4.78, 5) is 11.4. The van der Waals surface area contributed by atoms with Crippen molar-refractivity contribution in [1.82, 2.24) is 25.5 Å². The summed E-state index contributed by atoms with van der Waals surface area (Å²) in [7, 11) is 0. The highest BCUT2D eigenvalue weighted by molar-refractivity contribution is 7.99. The first kappa shape index (κ1) is 13.1. The smallest absolute Gasteiger partial charge is 0.231 e. The molecule has 19 heavy (non-hydrogen) atoms. The molecule has 0 aliphatic heterocycles. The molecule has 96 valence electrons. The number of carbonyl (C=O) groups excluding carboxylic acids is 1. The van der Waals surface area contributed by atoms with Gasteiger partial charge in [-0.25, -0.2) is 0 Å². The first-order valence-corrected chi connectivity index (χ1v) is 6.46. The number of tetrazole rings is 1. The topological polar surface area (TPSA) is 72.7 Å². The minimum absolute atomic E-state index is 0.148. The van der Waals surface area contributed by atoms with Crippen LogP contribution in [0.15, 0.2) is 35.5 Å². The molecule has 0 unspecified atom stereocenters. The molecule has 0 fully saturated rings. The molecule has 0 saturated heterocycles. The Morgan fingerprint density at radius 1 is 1.42 bits per heavy atom. The number of hydrogen-bond donors (Lipinski definition) is 1. The number of amides is 1. The van der Waals surface area contributed by atoms with Gasteiger partial charge in [-0.3, -0.25) is 4.79 Å². The van der Waals surface area contributed by atoms with Crippen molar-refractivity contribution in [2.75, 3.05) is 12.3 Å². The summed E-state index contributed by atoms with van der Waals surface area (Å²) in [6, 6.07) is 9.47. The van der Waals surface area contributed by atoms with Crippen LogP contribution >= 0.6 is 11.8 Å². The molecule has 2 rings (SSSR count). The fraction of sp³-hybridized carbons (Fsp3) is 0.167. The van der Waals surface area contributed by atoms with Crippen molar-refractivity contribution in [3.63, 3.8) is 0 Å². The van der Waals surface area contributed by atoms with Crippen molar-refractivity contribution >= 4 is 17.7 Å². The summed E-state index contributed by atoms with van der Waals surface area (Å²) in [6.45, 7) is 0.225. The molecule has 0 aliphatic rings. The van der Waals surface area contributed by atoms with Gasteiger partial charge in [0.1, 0.15) is 0 Å². The molecule has 0 saturated carbocycles. The number of carbonyl (C=O) groups is 1. The highest BCUT2D eigenvalue weighted by Crippen LogP contribution is 2.17. The fourth-order valence-electron chi connectivity index (χ4n) is 1.33. The van der Waals surface area contributed by atoms with Crippen LogP contribution in [0.2, 0.25) is 0 Å². The van der Waals surface area contributed by atoms with Gasteiger partial charge in [0.05, 0.1) is 18.0 Å². The Hall–Kier alpha value is -2.33. The maximum Gasteiger partial charge on any atom is 0.231 e. The molecule has 6 nitrogen and oxygen atoms in total. The zero-order valence-corrected chi connectivity index (χ0v) is 10.8. The van der Waals surface area contributed by atoms with Crippen molar-refractivity contribution in [2.45, 2.75) is 5.16 Å². The molecule has 1 N–H and O–H groups in total. The Bertz CT molecular complexity index is 590. The maximum atomic E-state index is 11.4.